The van der Waals surface area contributed by atoms with Gasteiger partial charge in [-0.1, -0.05) is 6.07 Å². The molecule has 1 N–H and O–H groups in total. The topological polar surface area (TPSA) is 50.9 Å². The number of hydrogen-bond acceptors (Lipinski definition) is 3. The highest BCUT2D eigenvalue weighted by atomic mass is 16.3. The molecule has 0 saturated heterocycles. The summed E-state index contributed by atoms with van der Waals surface area (Å²) in [7, 11) is 0. The largest absolute Gasteiger partial charge is 0.392 e. The molecule has 15 heavy (non-hydrogen) atoms. The van der Waals surface area contributed by atoms with E-state index >= 15 is 0 Å². The van der Waals surface area contributed by atoms with E-state index in [1.54, 1.807) is 10.9 Å². The van der Waals surface area contributed by atoms with Crippen LogP contribution in [0.3, 0.4) is 0 Å². The van der Waals surface area contributed by atoms with Crippen LogP contribution in [0.5, 0.6) is 0 Å². The molecule has 0 radical (unpaired) electrons. The van der Waals surface area contributed by atoms with Gasteiger partial charge in [-0.2, -0.15) is 5.10 Å². The number of aryl methyl sites for hydroxylation is 2. The lowest BCUT2D eigenvalue weighted by Crippen LogP contribution is -2.01. The number of pyridine rings is 1. The van der Waals surface area contributed by atoms with Gasteiger partial charge in [-0.3, -0.25) is 0 Å². The van der Waals surface area contributed by atoms with Crippen LogP contribution in [0, 0.1) is 13.8 Å². The van der Waals surface area contributed by atoms with Gasteiger partial charge < -0.3 is 5.11 Å². The van der Waals surface area contributed by atoms with Gasteiger partial charge >= 0.3 is 0 Å². The maximum atomic E-state index is 9.02. The van der Waals surface area contributed by atoms with Gasteiger partial charge in [0.2, 0.25) is 0 Å². The molecule has 0 atom stereocenters. The fourth-order valence-electron chi connectivity index (χ4n) is 1.41. The van der Waals surface area contributed by atoms with Crippen LogP contribution in [0.15, 0.2) is 24.5 Å². The van der Waals surface area contributed by atoms with Crippen molar-refractivity contribution in [1.82, 2.24) is 14.8 Å². The van der Waals surface area contributed by atoms with Crippen molar-refractivity contribution in [3.05, 3.63) is 41.3 Å². The summed E-state index contributed by atoms with van der Waals surface area (Å²) < 4.78 is 1.73. The zero-order valence-electron chi connectivity index (χ0n) is 8.81. The molecule has 0 aliphatic carbocycles. The first-order valence-corrected chi connectivity index (χ1v) is 4.80. The number of nitrogens with zero attached hydrogens (tertiary/aromatic N) is 3. The molecule has 0 unspecified atom stereocenters. The Kier molecular flexibility index (Phi) is 2.51. The van der Waals surface area contributed by atoms with Gasteiger partial charge in [-0.15, -0.1) is 0 Å². The molecule has 4 heteroatoms. The molecule has 78 valence electrons. The lowest BCUT2D eigenvalue weighted by molar-refractivity contribution is 0.280. The summed E-state index contributed by atoms with van der Waals surface area (Å²) in [5.41, 5.74) is 2.78. The Morgan fingerprint density at radius 1 is 1.33 bits per heavy atom. The minimum absolute atomic E-state index is 0.0250. The quantitative estimate of drug-likeness (QED) is 0.802. The average molecular weight is 203 g/mol. The Morgan fingerprint density at radius 3 is 2.67 bits per heavy atom. The number of hydrogen-bond donors (Lipinski definition) is 1. The Balaban J connectivity index is 2.42. The second-order valence-corrected chi connectivity index (χ2v) is 3.53. The van der Waals surface area contributed by atoms with Crippen molar-refractivity contribution in [2.75, 3.05) is 0 Å². The SMILES string of the molecule is Cc1cnn(-c2ccc(CO)c(C)n2)c1. The van der Waals surface area contributed by atoms with Crippen molar-refractivity contribution >= 4 is 0 Å². The van der Waals surface area contributed by atoms with Gasteiger partial charge in [0.05, 0.1) is 12.8 Å². The Labute approximate surface area is 88.2 Å². The monoisotopic (exact) mass is 203 g/mol. The summed E-state index contributed by atoms with van der Waals surface area (Å²) in [6.45, 7) is 3.89. The van der Waals surface area contributed by atoms with Crippen LogP contribution in [0.25, 0.3) is 5.82 Å². The van der Waals surface area contributed by atoms with Crippen LogP contribution in [-0.4, -0.2) is 19.9 Å². The van der Waals surface area contributed by atoms with Crippen molar-refractivity contribution < 1.29 is 5.11 Å². The highest BCUT2D eigenvalue weighted by Gasteiger charge is 2.03. The fourth-order valence-corrected chi connectivity index (χ4v) is 1.41. The highest BCUT2D eigenvalue weighted by molar-refractivity contribution is 5.29. The predicted molar refractivity (Wildman–Crippen MR) is 56.8 cm³/mol. The molecule has 0 aliphatic heterocycles. The third kappa shape index (κ3) is 1.89. The molecule has 0 aromatic carbocycles. The zero-order chi connectivity index (χ0) is 10.8. The van der Waals surface area contributed by atoms with Gasteiger partial charge in [0, 0.05) is 11.9 Å². The van der Waals surface area contributed by atoms with Crippen molar-refractivity contribution in [1.29, 1.82) is 0 Å². The van der Waals surface area contributed by atoms with Crippen molar-refractivity contribution in [3.63, 3.8) is 0 Å². The first kappa shape index (κ1) is 9.86. The summed E-state index contributed by atoms with van der Waals surface area (Å²) in [6.07, 6.45) is 3.71. The maximum Gasteiger partial charge on any atom is 0.153 e. The lowest BCUT2D eigenvalue weighted by Gasteiger charge is -2.04. The fraction of sp³-hybridized carbons (Fsp3) is 0.273. The second kappa shape index (κ2) is 3.82. The minimum atomic E-state index is 0.0250. The summed E-state index contributed by atoms with van der Waals surface area (Å²) >= 11 is 0. The van der Waals surface area contributed by atoms with E-state index in [9.17, 15) is 0 Å². The van der Waals surface area contributed by atoms with Crippen molar-refractivity contribution in [2.24, 2.45) is 0 Å². The average Bonchev–Trinajstić information content (AvgIpc) is 2.65. The summed E-state index contributed by atoms with van der Waals surface area (Å²) in [6, 6.07) is 3.72. The molecule has 4 nitrogen and oxygen atoms in total. The number of aliphatic hydroxyl groups is 1. The normalized spacial score (nSPS) is 10.6. The number of aliphatic hydroxyl groups excluding tert-OH is 1. The molecule has 2 heterocycles. The van der Waals surface area contributed by atoms with E-state index in [4.69, 9.17) is 5.11 Å². The van der Waals surface area contributed by atoms with Crippen molar-refractivity contribution in [2.45, 2.75) is 20.5 Å². The van der Waals surface area contributed by atoms with Gasteiger partial charge in [-0.25, -0.2) is 9.67 Å². The van der Waals surface area contributed by atoms with Crippen LogP contribution >= 0.6 is 0 Å². The number of aromatic nitrogens is 3. The first-order chi connectivity index (χ1) is 7.20. The van der Waals surface area contributed by atoms with Gasteiger partial charge in [0.15, 0.2) is 5.82 Å². The summed E-state index contributed by atoms with van der Waals surface area (Å²) in [5, 5.41) is 13.2. The molecular formula is C11H13N3O. The number of rotatable bonds is 2. The molecule has 0 aliphatic rings. The molecule has 2 aromatic rings. The Hall–Kier alpha value is -1.68. The maximum absolute atomic E-state index is 9.02. The van der Waals surface area contributed by atoms with E-state index in [1.807, 2.05) is 32.2 Å². The zero-order valence-corrected chi connectivity index (χ0v) is 8.81. The van der Waals surface area contributed by atoms with Crippen LogP contribution in [0.4, 0.5) is 0 Å². The van der Waals surface area contributed by atoms with E-state index in [0.717, 1.165) is 22.6 Å². The van der Waals surface area contributed by atoms with E-state index in [0.29, 0.717) is 0 Å². The standard InChI is InChI=1S/C11H13N3O/c1-8-5-12-14(6-8)11-4-3-10(7-15)9(2)13-11/h3-6,15H,7H2,1-2H3. The predicted octanol–water partition coefficient (Wildman–Crippen LogP) is 1.38. The van der Waals surface area contributed by atoms with Crippen LogP contribution in [0.1, 0.15) is 16.8 Å². The second-order valence-electron chi connectivity index (χ2n) is 3.53. The third-order valence-corrected chi connectivity index (χ3v) is 2.30. The molecule has 2 aromatic heterocycles. The third-order valence-electron chi connectivity index (χ3n) is 2.30. The van der Waals surface area contributed by atoms with E-state index in [-0.39, 0.29) is 6.61 Å². The summed E-state index contributed by atoms with van der Waals surface area (Å²) in [4.78, 5) is 4.37. The molecule has 0 bridgehead atoms. The molecule has 0 amide bonds. The van der Waals surface area contributed by atoms with Crippen molar-refractivity contribution in [3.8, 4) is 5.82 Å². The van der Waals surface area contributed by atoms with Crippen LogP contribution < -0.4 is 0 Å². The van der Waals surface area contributed by atoms with Gasteiger partial charge in [0.1, 0.15) is 0 Å². The molecule has 0 saturated carbocycles. The van der Waals surface area contributed by atoms with Gasteiger partial charge in [0.25, 0.3) is 0 Å². The minimum Gasteiger partial charge on any atom is -0.392 e. The van der Waals surface area contributed by atoms with E-state index < -0.39 is 0 Å². The first-order valence-electron chi connectivity index (χ1n) is 4.80. The molecular weight excluding hydrogens is 190 g/mol. The Bertz CT molecular complexity index is 476. The molecule has 2 rings (SSSR count). The van der Waals surface area contributed by atoms with E-state index in [1.165, 1.54) is 0 Å². The van der Waals surface area contributed by atoms with E-state index in [2.05, 4.69) is 10.1 Å². The van der Waals surface area contributed by atoms with Crippen LogP contribution in [0.2, 0.25) is 0 Å². The molecule has 0 spiro atoms. The summed E-state index contributed by atoms with van der Waals surface area (Å²) in [5.74, 6) is 0.776. The van der Waals surface area contributed by atoms with Crippen LogP contribution in [-0.2, 0) is 6.61 Å². The van der Waals surface area contributed by atoms with Gasteiger partial charge in [-0.05, 0) is 31.0 Å². The highest BCUT2D eigenvalue weighted by Crippen LogP contribution is 2.10. The Morgan fingerprint density at radius 2 is 2.13 bits per heavy atom. The smallest absolute Gasteiger partial charge is 0.153 e. The molecule has 0 fully saturated rings. The lowest BCUT2D eigenvalue weighted by atomic mass is 10.2.